The smallest absolute Gasteiger partial charge is 0.209 e. The van der Waals surface area contributed by atoms with Crippen LogP contribution in [0.2, 0.25) is 0 Å². The summed E-state index contributed by atoms with van der Waals surface area (Å²) in [5.74, 6) is -0.469. The lowest BCUT2D eigenvalue weighted by Gasteiger charge is -2.01. The van der Waals surface area contributed by atoms with Crippen LogP contribution in [0, 0.1) is 5.82 Å². The van der Waals surface area contributed by atoms with E-state index in [1.165, 1.54) is 18.2 Å². The van der Waals surface area contributed by atoms with Crippen molar-refractivity contribution >= 4 is 37.5 Å². The Morgan fingerprint density at radius 1 is 1.50 bits per heavy atom. The van der Waals surface area contributed by atoms with Gasteiger partial charge >= 0.3 is 0 Å². The Balaban J connectivity index is 2.25. The summed E-state index contributed by atoms with van der Waals surface area (Å²) in [5, 5.41) is 7.16. The van der Waals surface area contributed by atoms with E-state index in [2.05, 4.69) is 40.6 Å². The van der Waals surface area contributed by atoms with E-state index < -0.39 is 15.8 Å². The predicted molar refractivity (Wildman–Crippen MR) is 80.5 cm³/mol. The second-order valence-electron chi connectivity index (χ2n) is 4.25. The predicted octanol–water partition coefficient (Wildman–Crippen LogP) is 1.06. The van der Waals surface area contributed by atoms with Gasteiger partial charge in [0.2, 0.25) is 10.0 Å². The molecule has 0 aliphatic rings. The van der Waals surface area contributed by atoms with E-state index in [9.17, 15) is 12.8 Å². The Morgan fingerprint density at radius 2 is 2.23 bits per heavy atom. The summed E-state index contributed by atoms with van der Waals surface area (Å²) in [6, 6.07) is 4.09. The molecule has 0 bridgehead atoms. The van der Waals surface area contributed by atoms with Crippen molar-refractivity contribution in [1.82, 2.24) is 15.0 Å². The molecule has 0 unspecified atom stereocenters. The molecule has 0 spiro atoms. The molecule has 1 aromatic carbocycles. The Kier molecular flexibility index (Phi) is 4.88. The van der Waals surface area contributed by atoms with Crippen LogP contribution >= 0.6 is 15.9 Å². The van der Waals surface area contributed by atoms with Crippen molar-refractivity contribution in [3.63, 3.8) is 0 Å². The molecule has 22 heavy (non-hydrogen) atoms. The van der Waals surface area contributed by atoms with Gasteiger partial charge in [-0.25, -0.2) is 27.2 Å². The van der Waals surface area contributed by atoms with Gasteiger partial charge in [-0.2, -0.15) is 0 Å². The van der Waals surface area contributed by atoms with Gasteiger partial charge in [-0.05, 0) is 39.3 Å². The van der Waals surface area contributed by atoms with Crippen LogP contribution in [0.3, 0.4) is 0 Å². The number of benzene rings is 1. The molecule has 1 aromatic heterocycles. The number of hydrogen-bond acceptors (Lipinski definition) is 6. The number of hydrogen-bond donors (Lipinski definition) is 2. The van der Waals surface area contributed by atoms with Crippen LogP contribution in [0.25, 0.3) is 0 Å². The van der Waals surface area contributed by atoms with Crippen LogP contribution in [0.1, 0.15) is 11.4 Å². The van der Waals surface area contributed by atoms with Gasteiger partial charge in [0.1, 0.15) is 11.5 Å². The number of halogens is 2. The molecule has 0 aliphatic heterocycles. The molecule has 118 valence electrons. The minimum Gasteiger partial charge on any atom is -0.382 e. The highest BCUT2D eigenvalue weighted by molar-refractivity contribution is 9.10. The average Bonchev–Trinajstić information content (AvgIpc) is 2.88. The third-order valence-electron chi connectivity index (χ3n) is 2.45. The van der Waals surface area contributed by atoms with Crippen LogP contribution in [0.15, 0.2) is 32.3 Å². The quantitative estimate of drug-likeness (QED) is 0.579. The lowest BCUT2D eigenvalue weighted by Crippen LogP contribution is -2.24. The molecule has 2 rings (SSSR count). The number of nitrogens with one attached hydrogen (secondary N) is 1. The molecule has 0 aliphatic carbocycles. The Labute approximate surface area is 133 Å². The zero-order chi connectivity index (χ0) is 16.3. The molecule has 0 atom stereocenters. The molecule has 0 amide bonds. The zero-order valence-electron chi connectivity index (χ0n) is 11.2. The summed E-state index contributed by atoms with van der Waals surface area (Å²) in [4.78, 5) is 4.07. The van der Waals surface area contributed by atoms with Crippen LogP contribution in [0.5, 0.6) is 0 Å². The Bertz CT molecular complexity index is 821. The van der Waals surface area contributed by atoms with Crippen LogP contribution in [-0.2, 0) is 16.6 Å². The Morgan fingerprint density at radius 3 is 2.86 bits per heavy atom. The summed E-state index contributed by atoms with van der Waals surface area (Å²) < 4.78 is 42.3. The topological polar surface area (TPSA) is 123 Å². The minimum absolute atomic E-state index is 0.0370. The van der Waals surface area contributed by atoms with E-state index in [1.54, 1.807) is 0 Å². The van der Waals surface area contributed by atoms with Gasteiger partial charge in [0.05, 0.1) is 23.0 Å². The van der Waals surface area contributed by atoms with Crippen LogP contribution < -0.4 is 10.5 Å². The highest BCUT2D eigenvalue weighted by atomic mass is 79.9. The third kappa shape index (κ3) is 4.32. The van der Waals surface area contributed by atoms with Crippen molar-refractivity contribution in [1.29, 1.82) is 0 Å². The summed E-state index contributed by atoms with van der Waals surface area (Å²) in [5.41, 5.74) is 6.48. The zero-order valence-corrected chi connectivity index (χ0v) is 13.6. The monoisotopic (exact) mass is 391 g/mol. The van der Waals surface area contributed by atoms with E-state index >= 15 is 0 Å². The maximum absolute atomic E-state index is 13.2. The molecule has 3 N–H and O–H groups in total. The van der Waals surface area contributed by atoms with E-state index in [-0.39, 0.29) is 28.2 Å². The number of aliphatic imine (C=N–C) groups is 1. The van der Waals surface area contributed by atoms with Gasteiger partial charge in [-0.1, -0.05) is 5.16 Å². The molecular formula is C11H11BrFN5O3S. The number of rotatable bonds is 5. The first-order valence-corrected chi connectivity index (χ1v) is 8.50. The standard InChI is InChI=1S/C11H11BrFN5O3S/c1-22(19,20)15-5-9-10(18-21-17-9)11(14)16-6-2-3-8(13)7(12)4-6/h2-4,15H,5H2,1H3,(H2,14,16). The molecule has 8 nitrogen and oxygen atoms in total. The summed E-state index contributed by atoms with van der Waals surface area (Å²) in [6.45, 7) is -0.138. The minimum atomic E-state index is -3.40. The molecule has 0 saturated heterocycles. The van der Waals surface area contributed by atoms with Crippen molar-refractivity contribution in [3.05, 3.63) is 39.9 Å². The fraction of sp³-hybridized carbons (Fsp3) is 0.182. The number of sulfonamides is 1. The van der Waals surface area contributed by atoms with Gasteiger partial charge in [-0.15, -0.1) is 0 Å². The third-order valence-corrected chi connectivity index (χ3v) is 3.73. The fourth-order valence-corrected chi connectivity index (χ4v) is 2.23. The number of nitrogens with two attached hydrogens (primary N) is 1. The molecular weight excluding hydrogens is 381 g/mol. The normalized spacial score (nSPS) is 12.6. The number of amidine groups is 1. The largest absolute Gasteiger partial charge is 0.382 e. The molecule has 2 aromatic rings. The molecule has 0 radical (unpaired) electrons. The fourth-order valence-electron chi connectivity index (χ4n) is 1.46. The lowest BCUT2D eigenvalue weighted by atomic mass is 10.3. The average molecular weight is 392 g/mol. The molecule has 1 heterocycles. The number of nitrogens with zero attached hydrogens (tertiary/aromatic N) is 3. The van der Waals surface area contributed by atoms with Crippen molar-refractivity contribution in [3.8, 4) is 0 Å². The van der Waals surface area contributed by atoms with E-state index in [0.717, 1.165) is 6.26 Å². The van der Waals surface area contributed by atoms with Gasteiger partial charge in [-0.3, -0.25) is 0 Å². The second-order valence-corrected chi connectivity index (χ2v) is 6.94. The van der Waals surface area contributed by atoms with Crippen molar-refractivity contribution in [2.75, 3.05) is 6.26 Å². The SMILES string of the molecule is CS(=O)(=O)NCc1nonc1C(N)=Nc1ccc(F)c(Br)c1. The van der Waals surface area contributed by atoms with Crippen molar-refractivity contribution < 1.29 is 17.4 Å². The van der Waals surface area contributed by atoms with Crippen molar-refractivity contribution in [2.24, 2.45) is 10.7 Å². The molecule has 0 saturated carbocycles. The number of aromatic nitrogens is 2. The second kappa shape index (κ2) is 6.50. The maximum atomic E-state index is 13.2. The highest BCUT2D eigenvalue weighted by Gasteiger charge is 2.15. The lowest BCUT2D eigenvalue weighted by molar-refractivity contribution is 0.302. The first kappa shape index (κ1) is 16.5. The Hall–Kier alpha value is -1.85. The summed E-state index contributed by atoms with van der Waals surface area (Å²) >= 11 is 3.04. The van der Waals surface area contributed by atoms with E-state index in [4.69, 9.17) is 5.73 Å². The van der Waals surface area contributed by atoms with E-state index in [0.29, 0.717) is 5.69 Å². The van der Waals surface area contributed by atoms with Gasteiger partial charge < -0.3 is 5.73 Å². The molecule has 11 heteroatoms. The van der Waals surface area contributed by atoms with Crippen molar-refractivity contribution in [2.45, 2.75) is 6.54 Å². The summed E-state index contributed by atoms with van der Waals surface area (Å²) in [7, 11) is -3.40. The van der Waals surface area contributed by atoms with Gasteiger partial charge in [0.15, 0.2) is 11.5 Å². The first-order valence-electron chi connectivity index (χ1n) is 5.82. The highest BCUT2D eigenvalue weighted by Crippen LogP contribution is 2.22. The first-order chi connectivity index (χ1) is 10.3. The van der Waals surface area contributed by atoms with E-state index in [1.807, 2.05) is 0 Å². The molecule has 0 fully saturated rings. The summed E-state index contributed by atoms with van der Waals surface area (Å²) in [6.07, 6.45) is 1.01. The van der Waals surface area contributed by atoms with Gasteiger partial charge in [0, 0.05) is 0 Å². The van der Waals surface area contributed by atoms with Crippen LogP contribution in [0.4, 0.5) is 10.1 Å². The van der Waals surface area contributed by atoms with Gasteiger partial charge in [0.25, 0.3) is 0 Å². The maximum Gasteiger partial charge on any atom is 0.209 e. The van der Waals surface area contributed by atoms with Crippen LogP contribution in [-0.4, -0.2) is 30.8 Å².